The van der Waals surface area contributed by atoms with Crippen LogP contribution in [-0.4, -0.2) is 63.8 Å². The summed E-state index contributed by atoms with van der Waals surface area (Å²) in [7, 11) is 2.16. The molecule has 6 nitrogen and oxygen atoms in total. The first-order valence-corrected chi connectivity index (χ1v) is 8.91. The Hall–Kier alpha value is -1.48. The first-order valence-electron chi connectivity index (χ1n) is 7.84. The number of fused-ring (bicyclic) bond motifs is 2. The van der Waals surface area contributed by atoms with Crippen LogP contribution >= 0.6 is 22.6 Å². The lowest BCUT2D eigenvalue weighted by molar-refractivity contribution is 0.211. The van der Waals surface area contributed by atoms with E-state index in [2.05, 4.69) is 67.7 Å². The van der Waals surface area contributed by atoms with Crippen molar-refractivity contribution >= 4 is 34.2 Å². The number of aliphatic imine (C=N–C) groups is 1. The van der Waals surface area contributed by atoms with Crippen LogP contribution < -0.4 is 0 Å². The van der Waals surface area contributed by atoms with Gasteiger partial charge < -0.3 is 9.80 Å². The maximum Gasteiger partial charge on any atom is 0.228 e. The van der Waals surface area contributed by atoms with E-state index in [0.29, 0.717) is 0 Å². The van der Waals surface area contributed by atoms with Gasteiger partial charge in [0, 0.05) is 36.2 Å². The summed E-state index contributed by atoms with van der Waals surface area (Å²) in [6.45, 7) is 5.96. The predicted octanol–water partition coefficient (Wildman–Crippen LogP) is 1.88. The van der Waals surface area contributed by atoms with E-state index >= 15 is 0 Å². The van der Waals surface area contributed by atoms with E-state index in [1.54, 1.807) is 0 Å². The van der Waals surface area contributed by atoms with Crippen LogP contribution in [0, 0.1) is 10.5 Å². The molecule has 1 saturated heterocycles. The van der Waals surface area contributed by atoms with Gasteiger partial charge >= 0.3 is 0 Å². The highest BCUT2D eigenvalue weighted by molar-refractivity contribution is 14.1. The fourth-order valence-corrected chi connectivity index (χ4v) is 3.54. The van der Waals surface area contributed by atoms with Crippen molar-refractivity contribution in [3.8, 4) is 0 Å². The minimum atomic E-state index is 0.772. The molecule has 23 heavy (non-hydrogen) atoms. The predicted molar refractivity (Wildman–Crippen MR) is 98.3 cm³/mol. The summed E-state index contributed by atoms with van der Waals surface area (Å²) in [5.41, 5.74) is 2.25. The largest absolute Gasteiger partial charge is 0.338 e. The third kappa shape index (κ3) is 2.87. The van der Waals surface area contributed by atoms with Gasteiger partial charge in [0.05, 0.1) is 5.69 Å². The zero-order chi connectivity index (χ0) is 16.0. The Morgan fingerprint density at radius 1 is 1.13 bits per heavy atom. The quantitative estimate of drug-likeness (QED) is 0.609. The van der Waals surface area contributed by atoms with Gasteiger partial charge in [-0.2, -0.15) is 4.68 Å². The minimum absolute atomic E-state index is 0.772. The lowest BCUT2D eigenvalue weighted by atomic mass is 10.1. The molecule has 2 aromatic rings. The number of aryl methyl sites for hydroxylation is 1. The molecule has 7 heteroatoms. The third-order valence-corrected chi connectivity index (χ3v) is 5.04. The van der Waals surface area contributed by atoms with Gasteiger partial charge in [0.2, 0.25) is 5.96 Å². The molecule has 0 amide bonds. The number of aromatic nitrogens is 3. The molecule has 1 aromatic heterocycles. The van der Waals surface area contributed by atoms with E-state index in [-0.39, 0.29) is 0 Å². The summed E-state index contributed by atoms with van der Waals surface area (Å²) >= 11 is 2.34. The third-order valence-electron chi connectivity index (χ3n) is 4.37. The minimum Gasteiger partial charge on any atom is -0.338 e. The van der Waals surface area contributed by atoms with Crippen molar-refractivity contribution in [1.82, 2.24) is 24.6 Å². The number of rotatable bonds is 0. The van der Waals surface area contributed by atoms with Crippen LogP contribution in [0.1, 0.15) is 17.2 Å². The van der Waals surface area contributed by atoms with E-state index in [1.807, 2.05) is 11.6 Å². The number of benzene rings is 1. The summed E-state index contributed by atoms with van der Waals surface area (Å²) in [5, 5.41) is 4.61. The Morgan fingerprint density at radius 3 is 2.70 bits per heavy atom. The van der Waals surface area contributed by atoms with Crippen LogP contribution in [0.25, 0.3) is 0 Å². The van der Waals surface area contributed by atoms with Gasteiger partial charge in [-0.3, -0.25) is 0 Å². The topological polar surface area (TPSA) is 49.6 Å². The SMILES string of the molecule is Cc1nc2n(n1)C(N1CCN(C)CC1)=Nc1cc(I)ccc1C2. The average Bonchev–Trinajstić information content (AvgIpc) is 2.82. The molecule has 0 N–H and O–H groups in total. The normalized spacial score (nSPS) is 18.2. The van der Waals surface area contributed by atoms with Crippen LogP contribution in [0.5, 0.6) is 0 Å². The van der Waals surface area contributed by atoms with Gasteiger partial charge in [-0.05, 0) is 54.3 Å². The number of likely N-dealkylation sites (N-methyl/N-ethyl adjacent to an activating group) is 1. The van der Waals surface area contributed by atoms with Crippen LogP contribution in [0.2, 0.25) is 0 Å². The van der Waals surface area contributed by atoms with Gasteiger partial charge in [0.1, 0.15) is 11.6 Å². The summed E-state index contributed by atoms with van der Waals surface area (Å²) in [6, 6.07) is 6.43. The van der Waals surface area contributed by atoms with Gasteiger partial charge in [-0.1, -0.05) is 6.07 Å². The molecule has 0 atom stereocenters. The highest BCUT2D eigenvalue weighted by Gasteiger charge is 2.25. The lowest BCUT2D eigenvalue weighted by Crippen LogP contribution is -2.49. The molecule has 1 fully saturated rings. The van der Waals surface area contributed by atoms with Crippen molar-refractivity contribution in [3.05, 3.63) is 39.0 Å². The van der Waals surface area contributed by atoms with Crippen LogP contribution in [0.4, 0.5) is 5.69 Å². The zero-order valence-corrected chi connectivity index (χ0v) is 15.5. The summed E-state index contributed by atoms with van der Waals surface area (Å²) in [5.74, 6) is 2.69. The fourth-order valence-electron chi connectivity index (χ4n) is 3.06. The van der Waals surface area contributed by atoms with Crippen molar-refractivity contribution in [2.45, 2.75) is 13.3 Å². The molecule has 0 saturated carbocycles. The first-order chi connectivity index (χ1) is 11.1. The van der Waals surface area contributed by atoms with Crippen LogP contribution in [-0.2, 0) is 6.42 Å². The molecule has 1 aromatic carbocycles. The van der Waals surface area contributed by atoms with Crippen LogP contribution in [0.15, 0.2) is 23.2 Å². The highest BCUT2D eigenvalue weighted by atomic mass is 127. The van der Waals surface area contributed by atoms with E-state index in [0.717, 1.165) is 55.9 Å². The molecular weight excluding hydrogens is 403 g/mol. The molecular formula is C16H19IN6. The average molecular weight is 422 g/mol. The molecule has 2 aliphatic rings. The molecule has 0 spiro atoms. The number of hydrogen-bond donors (Lipinski definition) is 0. The van der Waals surface area contributed by atoms with E-state index < -0.39 is 0 Å². The Morgan fingerprint density at radius 2 is 1.91 bits per heavy atom. The summed E-state index contributed by atoms with van der Waals surface area (Å²) < 4.78 is 3.14. The Kier molecular flexibility index (Phi) is 3.84. The smallest absolute Gasteiger partial charge is 0.228 e. The monoisotopic (exact) mass is 422 g/mol. The molecule has 2 aliphatic heterocycles. The number of hydrogen-bond acceptors (Lipinski definition) is 5. The van der Waals surface area contributed by atoms with Crippen molar-refractivity contribution in [2.24, 2.45) is 4.99 Å². The van der Waals surface area contributed by atoms with Gasteiger partial charge in [0.25, 0.3) is 0 Å². The second-order valence-electron chi connectivity index (χ2n) is 6.14. The maximum atomic E-state index is 4.98. The zero-order valence-electron chi connectivity index (χ0n) is 13.3. The first kappa shape index (κ1) is 15.1. The summed E-state index contributed by atoms with van der Waals surface area (Å²) in [4.78, 5) is 14.3. The van der Waals surface area contributed by atoms with E-state index in [1.165, 1.54) is 9.13 Å². The van der Waals surface area contributed by atoms with Gasteiger partial charge in [-0.25, -0.2) is 9.98 Å². The Balaban J connectivity index is 1.82. The molecule has 0 aliphatic carbocycles. The van der Waals surface area contributed by atoms with E-state index in [4.69, 9.17) is 4.99 Å². The second-order valence-corrected chi connectivity index (χ2v) is 7.38. The standard InChI is InChI=1S/C16H19IN6/c1-11-18-15-9-12-3-4-13(17)10-14(12)19-16(23(15)20-11)22-7-5-21(2)6-8-22/h3-4,10H,5-9H2,1-2H3. The van der Waals surface area contributed by atoms with Crippen LogP contribution in [0.3, 0.4) is 0 Å². The molecule has 3 heterocycles. The van der Waals surface area contributed by atoms with Crippen molar-refractivity contribution < 1.29 is 0 Å². The lowest BCUT2D eigenvalue weighted by Gasteiger charge is -2.34. The van der Waals surface area contributed by atoms with Gasteiger partial charge in [0.15, 0.2) is 0 Å². The van der Waals surface area contributed by atoms with Crippen molar-refractivity contribution in [2.75, 3.05) is 33.2 Å². The van der Waals surface area contributed by atoms with E-state index in [9.17, 15) is 0 Å². The van der Waals surface area contributed by atoms with Gasteiger partial charge in [-0.15, -0.1) is 5.10 Å². The number of piperazine rings is 1. The molecule has 0 bridgehead atoms. The second kappa shape index (κ2) is 5.86. The Bertz CT molecular complexity index is 773. The molecule has 120 valence electrons. The number of halogens is 1. The number of nitrogens with zero attached hydrogens (tertiary/aromatic N) is 6. The fraction of sp³-hybridized carbons (Fsp3) is 0.438. The highest BCUT2D eigenvalue weighted by Crippen LogP contribution is 2.28. The van der Waals surface area contributed by atoms with Crippen molar-refractivity contribution in [3.63, 3.8) is 0 Å². The molecule has 4 rings (SSSR count). The Labute approximate surface area is 149 Å². The molecule has 0 unspecified atom stereocenters. The maximum absolute atomic E-state index is 4.98. The molecule has 0 radical (unpaired) electrons. The summed E-state index contributed by atoms with van der Waals surface area (Å²) in [6.07, 6.45) is 0.772. The van der Waals surface area contributed by atoms with Crippen molar-refractivity contribution in [1.29, 1.82) is 0 Å².